The van der Waals surface area contributed by atoms with E-state index in [9.17, 15) is 4.79 Å². The average Bonchev–Trinajstić information content (AvgIpc) is 3.40. The first-order valence-corrected chi connectivity index (χ1v) is 29.1. The SMILES string of the molecule is CCCCCCOc1ccc(OCCCCCC)c(C#Cc2cc(OCCCCCC)c(C#Cc3cc(OCCCCCC)c(C#CCCCNCC(=O)O)cc3OCCCCCC)cc2OCCCCCC)c1. The summed E-state index contributed by atoms with van der Waals surface area (Å²) in [5.41, 5.74) is 3.67. The highest BCUT2D eigenvalue weighted by Gasteiger charge is 2.15. The fourth-order valence-electron chi connectivity index (χ4n) is 8.01. The van der Waals surface area contributed by atoms with Crippen LogP contribution >= 0.6 is 0 Å². The Bertz CT molecular complexity index is 2180. The quantitative estimate of drug-likeness (QED) is 0.0425. The van der Waals surface area contributed by atoms with Crippen LogP contribution in [0.1, 0.15) is 236 Å². The predicted molar refractivity (Wildman–Crippen MR) is 306 cm³/mol. The van der Waals surface area contributed by atoms with Crippen LogP contribution in [0.3, 0.4) is 0 Å². The van der Waals surface area contributed by atoms with E-state index in [1.807, 2.05) is 42.5 Å². The minimum atomic E-state index is -0.869. The Labute approximate surface area is 449 Å². The van der Waals surface area contributed by atoms with Crippen LogP contribution in [-0.2, 0) is 4.79 Å². The second-order valence-electron chi connectivity index (χ2n) is 19.3. The van der Waals surface area contributed by atoms with E-state index in [1.165, 1.54) is 25.7 Å². The Morgan fingerprint density at radius 2 is 0.716 bits per heavy atom. The van der Waals surface area contributed by atoms with Gasteiger partial charge in [-0.25, -0.2) is 0 Å². The first kappa shape index (κ1) is 62.9. The van der Waals surface area contributed by atoms with E-state index in [4.69, 9.17) is 33.5 Å². The van der Waals surface area contributed by atoms with Gasteiger partial charge in [-0.05, 0) is 69.7 Å². The lowest BCUT2D eigenvalue weighted by atomic mass is 10.1. The van der Waals surface area contributed by atoms with Crippen molar-refractivity contribution in [2.75, 3.05) is 52.7 Å². The van der Waals surface area contributed by atoms with Gasteiger partial charge in [-0.3, -0.25) is 4.79 Å². The van der Waals surface area contributed by atoms with Gasteiger partial charge in [0.05, 0.1) is 74.0 Å². The number of nitrogens with one attached hydrogen (secondary N) is 1. The molecule has 0 aliphatic rings. The number of hydrogen-bond donors (Lipinski definition) is 2. The van der Waals surface area contributed by atoms with E-state index in [0.717, 1.165) is 163 Å². The van der Waals surface area contributed by atoms with Crippen molar-refractivity contribution in [3.8, 4) is 70.0 Å². The predicted octanol–water partition coefficient (Wildman–Crippen LogP) is 16.0. The molecule has 0 fully saturated rings. The van der Waals surface area contributed by atoms with Crippen molar-refractivity contribution in [1.82, 2.24) is 5.32 Å². The molecule has 0 aromatic heterocycles. The highest BCUT2D eigenvalue weighted by Crippen LogP contribution is 2.33. The van der Waals surface area contributed by atoms with Crippen molar-refractivity contribution >= 4 is 5.97 Å². The van der Waals surface area contributed by atoms with E-state index >= 15 is 0 Å². The first-order valence-electron chi connectivity index (χ1n) is 29.1. The number of benzene rings is 3. The van der Waals surface area contributed by atoms with E-state index < -0.39 is 5.97 Å². The van der Waals surface area contributed by atoms with Crippen LogP contribution in [0.5, 0.6) is 34.5 Å². The summed E-state index contributed by atoms with van der Waals surface area (Å²) in [6.45, 7) is 17.3. The lowest BCUT2D eigenvalue weighted by Crippen LogP contribution is -2.23. The number of ether oxygens (including phenoxy) is 6. The summed E-state index contributed by atoms with van der Waals surface area (Å²) in [5.74, 6) is 24.0. The third-order valence-corrected chi connectivity index (χ3v) is 12.5. The van der Waals surface area contributed by atoms with Crippen molar-refractivity contribution in [2.24, 2.45) is 0 Å². The fourth-order valence-corrected chi connectivity index (χ4v) is 8.01. The molecule has 2 N–H and O–H groups in total. The number of aliphatic carboxylic acids is 1. The number of unbranched alkanes of at least 4 members (excludes halogenated alkanes) is 19. The third-order valence-electron chi connectivity index (χ3n) is 12.5. The standard InChI is InChI=1S/C65H95NO8/c1-7-13-19-28-42-69-59-39-40-60(70-43-29-20-14-8-2)55(48-59)35-36-56-51-64(74-47-33-24-18-12-6)58(52-63(56)73-46-32-23-17-11-5)38-37-57-50-61(71-44-30-21-15-9-3)54(34-26-25-27-41-66-53-65(67)68)49-62(57)72-45-31-22-16-10-4/h39-40,48-52,66H,7-25,27-33,41-47,53H2,1-6H3,(H,67,68). The van der Waals surface area contributed by atoms with Gasteiger partial charge in [0.15, 0.2) is 0 Å². The molecule has 0 spiro atoms. The Hall–Kier alpha value is -5.43. The number of hydrogen-bond acceptors (Lipinski definition) is 8. The zero-order valence-electron chi connectivity index (χ0n) is 46.9. The second kappa shape index (κ2) is 41.9. The molecule has 0 amide bonds. The van der Waals surface area contributed by atoms with Crippen LogP contribution in [0.15, 0.2) is 42.5 Å². The Morgan fingerprint density at radius 1 is 0.392 bits per heavy atom. The number of rotatable bonds is 41. The normalized spacial score (nSPS) is 10.6. The molecule has 3 rings (SSSR count). The first-order chi connectivity index (χ1) is 36.4. The maximum Gasteiger partial charge on any atom is 0.317 e. The zero-order valence-corrected chi connectivity index (χ0v) is 46.9. The summed E-state index contributed by atoms with van der Waals surface area (Å²) in [4.78, 5) is 11.0. The van der Waals surface area contributed by atoms with E-state index in [2.05, 4.69) is 82.4 Å². The molecule has 0 heterocycles. The van der Waals surface area contributed by atoms with Gasteiger partial charge in [0.1, 0.15) is 34.5 Å². The molecule has 0 aliphatic heterocycles. The van der Waals surface area contributed by atoms with Crippen molar-refractivity contribution in [3.63, 3.8) is 0 Å². The smallest absolute Gasteiger partial charge is 0.317 e. The molecular weight excluding hydrogens is 923 g/mol. The van der Waals surface area contributed by atoms with Crippen LogP contribution in [0.4, 0.5) is 0 Å². The molecule has 0 bridgehead atoms. The van der Waals surface area contributed by atoms with Crippen LogP contribution < -0.4 is 33.7 Å². The molecule has 0 aliphatic carbocycles. The summed E-state index contributed by atoms with van der Waals surface area (Å²) in [6.07, 6.45) is 27.6. The molecule has 3 aromatic rings. The molecule has 9 nitrogen and oxygen atoms in total. The highest BCUT2D eigenvalue weighted by molar-refractivity contribution is 5.69. The summed E-state index contributed by atoms with van der Waals surface area (Å²) in [7, 11) is 0. The molecule has 3 aromatic carbocycles. The van der Waals surface area contributed by atoms with Crippen LogP contribution in [0.25, 0.3) is 0 Å². The summed E-state index contributed by atoms with van der Waals surface area (Å²) >= 11 is 0. The molecule has 0 radical (unpaired) electrons. The lowest BCUT2D eigenvalue weighted by molar-refractivity contribution is -0.135. The van der Waals surface area contributed by atoms with Crippen molar-refractivity contribution in [1.29, 1.82) is 0 Å². The van der Waals surface area contributed by atoms with Gasteiger partial charge in [-0.1, -0.05) is 193 Å². The van der Waals surface area contributed by atoms with Crippen LogP contribution in [-0.4, -0.2) is 63.8 Å². The van der Waals surface area contributed by atoms with Gasteiger partial charge in [-0.2, -0.15) is 0 Å². The summed E-state index contributed by atoms with van der Waals surface area (Å²) in [5, 5.41) is 12.0. The van der Waals surface area contributed by atoms with Gasteiger partial charge >= 0.3 is 5.97 Å². The van der Waals surface area contributed by atoms with Gasteiger partial charge in [0.2, 0.25) is 0 Å². The van der Waals surface area contributed by atoms with Crippen LogP contribution in [0.2, 0.25) is 0 Å². The maximum absolute atomic E-state index is 11.0. The molecule has 0 saturated heterocycles. The molecule has 74 heavy (non-hydrogen) atoms. The number of carboxylic acids is 1. The minimum absolute atomic E-state index is 0.0659. The Kier molecular flexibility index (Phi) is 35.6. The average molecular weight is 1020 g/mol. The lowest BCUT2D eigenvalue weighted by Gasteiger charge is -2.15. The molecule has 9 heteroatoms. The van der Waals surface area contributed by atoms with Gasteiger partial charge < -0.3 is 38.8 Å². The molecule has 0 unspecified atom stereocenters. The largest absolute Gasteiger partial charge is 0.494 e. The summed E-state index contributed by atoms with van der Waals surface area (Å²) in [6, 6.07) is 14.0. The van der Waals surface area contributed by atoms with Crippen molar-refractivity contribution in [3.05, 3.63) is 70.3 Å². The molecular formula is C65H95NO8. The second-order valence-corrected chi connectivity index (χ2v) is 19.3. The van der Waals surface area contributed by atoms with E-state index in [1.54, 1.807) is 0 Å². The molecule has 408 valence electrons. The number of carbonyl (C=O) groups is 1. The van der Waals surface area contributed by atoms with Crippen molar-refractivity contribution < 1.29 is 38.3 Å². The van der Waals surface area contributed by atoms with Crippen LogP contribution in [0, 0.1) is 35.5 Å². The fraction of sp³-hybridized carbons (Fsp3) is 0.615. The Morgan fingerprint density at radius 3 is 1.07 bits per heavy atom. The third kappa shape index (κ3) is 27.7. The topological polar surface area (TPSA) is 105 Å². The number of carboxylic acid groups (broad SMARTS) is 1. The van der Waals surface area contributed by atoms with E-state index in [-0.39, 0.29) is 6.54 Å². The van der Waals surface area contributed by atoms with Crippen molar-refractivity contribution in [2.45, 2.75) is 208 Å². The molecule has 0 atom stereocenters. The summed E-state index contributed by atoms with van der Waals surface area (Å²) < 4.78 is 39.0. The monoisotopic (exact) mass is 1020 g/mol. The van der Waals surface area contributed by atoms with Gasteiger partial charge in [-0.15, -0.1) is 0 Å². The highest BCUT2D eigenvalue weighted by atomic mass is 16.5. The van der Waals surface area contributed by atoms with Gasteiger partial charge in [0, 0.05) is 30.7 Å². The van der Waals surface area contributed by atoms with E-state index in [0.29, 0.717) is 86.7 Å². The van der Waals surface area contributed by atoms with Gasteiger partial charge in [0.25, 0.3) is 0 Å². The zero-order chi connectivity index (χ0) is 53.1. The maximum atomic E-state index is 11.0. The molecule has 0 saturated carbocycles. The Balaban J connectivity index is 2.22. The minimum Gasteiger partial charge on any atom is -0.494 e.